The van der Waals surface area contributed by atoms with E-state index in [1.54, 1.807) is 6.07 Å². The summed E-state index contributed by atoms with van der Waals surface area (Å²) in [5.41, 5.74) is 4.48. The van der Waals surface area contributed by atoms with Crippen molar-refractivity contribution < 1.29 is 13.3 Å². The highest BCUT2D eigenvalue weighted by molar-refractivity contribution is 7.82. The van der Waals surface area contributed by atoms with Gasteiger partial charge in [-0.3, -0.25) is 4.90 Å². The van der Waals surface area contributed by atoms with Crippen molar-refractivity contribution in [3.8, 4) is 5.75 Å². The molecule has 2 atom stereocenters. The van der Waals surface area contributed by atoms with Crippen LogP contribution < -0.4 is 4.74 Å². The first kappa shape index (κ1) is 23.7. The lowest BCUT2D eigenvalue weighted by molar-refractivity contribution is 0.0862. The molecule has 3 aliphatic heterocycles. The lowest BCUT2D eigenvalue weighted by Gasteiger charge is -2.34. The van der Waals surface area contributed by atoms with E-state index < -0.39 is 11.0 Å². The summed E-state index contributed by atoms with van der Waals surface area (Å²) in [6, 6.07) is 14.4. The molecule has 0 aliphatic carbocycles. The van der Waals surface area contributed by atoms with Crippen LogP contribution in [0.2, 0.25) is 0 Å². The van der Waals surface area contributed by atoms with Crippen molar-refractivity contribution in [2.45, 2.75) is 51.7 Å². The number of rotatable bonds is 7. The number of halogens is 1. The predicted octanol–water partition coefficient (Wildman–Crippen LogP) is 5.20. The molecule has 3 heterocycles. The van der Waals surface area contributed by atoms with Gasteiger partial charge in [0.1, 0.15) is 6.10 Å². The maximum atomic E-state index is 15.0. The SMILES string of the molecule is CCCS(=O)N1CC=C(c2cc(F)c3c(c2)CC(C2CCN(Cc4ccccc4)CC2)O3)CC1. The lowest BCUT2D eigenvalue weighted by atomic mass is 9.88. The minimum atomic E-state index is -0.913. The molecule has 3 aliphatic rings. The second-order valence-corrected chi connectivity index (χ2v) is 11.4. The molecule has 6 heteroatoms. The molecule has 0 N–H and O–H groups in total. The summed E-state index contributed by atoms with van der Waals surface area (Å²) in [5, 5.41) is 0. The van der Waals surface area contributed by atoms with Gasteiger partial charge >= 0.3 is 0 Å². The Labute approximate surface area is 205 Å². The molecule has 182 valence electrons. The fourth-order valence-corrected chi connectivity index (χ4v) is 6.66. The molecule has 0 radical (unpaired) electrons. The molecular formula is C28H35FN2O2S. The van der Waals surface area contributed by atoms with E-state index in [2.05, 4.69) is 54.3 Å². The first-order chi connectivity index (χ1) is 16.6. The molecule has 0 amide bonds. The minimum Gasteiger partial charge on any atom is -0.486 e. The van der Waals surface area contributed by atoms with Crippen LogP contribution in [0, 0.1) is 11.7 Å². The summed E-state index contributed by atoms with van der Waals surface area (Å²) in [5.74, 6) is 1.40. The zero-order chi connectivity index (χ0) is 23.5. The fraction of sp³-hybridized carbons (Fsp3) is 0.500. The second-order valence-electron chi connectivity index (χ2n) is 9.80. The van der Waals surface area contributed by atoms with E-state index in [4.69, 9.17) is 4.74 Å². The van der Waals surface area contributed by atoms with Crippen LogP contribution in [0.1, 0.15) is 49.3 Å². The average Bonchev–Trinajstić information content (AvgIpc) is 3.30. The third-order valence-electron chi connectivity index (χ3n) is 7.43. The Bertz CT molecular complexity index is 1050. The number of nitrogens with zero attached hydrogens (tertiary/aromatic N) is 2. The van der Waals surface area contributed by atoms with Gasteiger partial charge in [-0.25, -0.2) is 12.9 Å². The van der Waals surface area contributed by atoms with Crippen molar-refractivity contribution in [2.24, 2.45) is 5.92 Å². The molecule has 2 aromatic rings. The molecule has 1 saturated heterocycles. The fourth-order valence-electron chi connectivity index (χ4n) is 5.52. The zero-order valence-corrected chi connectivity index (χ0v) is 20.9. The Morgan fingerprint density at radius 3 is 2.62 bits per heavy atom. The van der Waals surface area contributed by atoms with Gasteiger partial charge in [-0.1, -0.05) is 43.3 Å². The minimum absolute atomic E-state index is 0.0749. The zero-order valence-electron chi connectivity index (χ0n) is 20.0. The normalized spacial score (nSPS) is 22.8. The van der Waals surface area contributed by atoms with E-state index >= 15 is 4.39 Å². The standard InChI is InChI=1S/C28H35FN2O2S/c1-2-16-34(32)31-14-10-22(11-15-31)24-17-25-19-27(33-28(25)26(29)18-24)23-8-12-30(13-9-23)20-21-6-4-3-5-7-21/h3-7,10,17-18,23,27H,2,8-9,11-16,19-20H2,1H3. The Kier molecular flexibility index (Phi) is 7.47. The quantitative estimate of drug-likeness (QED) is 0.544. The number of ether oxygens (including phenoxy) is 1. The number of fused-ring (bicyclic) bond motifs is 1. The molecule has 0 saturated carbocycles. The van der Waals surface area contributed by atoms with Gasteiger partial charge < -0.3 is 4.74 Å². The summed E-state index contributed by atoms with van der Waals surface area (Å²) in [4.78, 5) is 2.51. The molecule has 0 spiro atoms. The molecule has 0 bridgehead atoms. The van der Waals surface area contributed by atoms with Crippen LogP contribution >= 0.6 is 0 Å². The molecule has 4 nitrogen and oxygen atoms in total. The van der Waals surface area contributed by atoms with Crippen LogP contribution in [-0.4, -0.2) is 51.4 Å². The topological polar surface area (TPSA) is 32.8 Å². The highest BCUT2D eigenvalue weighted by Crippen LogP contribution is 2.39. The van der Waals surface area contributed by atoms with Gasteiger partial charge in [0.05, 0.1) is 11.0 Å². The van der Waals surface area contributed by atoms with E-state index in [1.807, 2.05) is 4.31 Å². The number of piperidine rings is 1. The summed E-state index contributed by atoms with van der Waals surface area (Å²) in [6.45, 7) is 6.60. The van der Waals surface area contributed by atoms with Crippen LogP contribution in [-0.2, 0) is 24.0 Å². The van der Waals surface area contributed by atoms with Crippen LogP contribution in [0.3, 0.4) is 0 Å². The van der Waals surface area contributed by atoms with Crippen molar-refractivity contribution in [3.05, 3.63) is 71.0 Å². The summed E-state index contributed by atoms with van der Waals surface area (Å²) >= 11 is 0. The van der Waals surface area contributed by atoms with Gasteiger partial charge in [-0.05, 0) is 73.5 Å². The summed E-state index contributed by atoms with van der Waals surface area (Å²) in [6.07, 6.45) is 6.90. The van der Waals surface area contributed by atoms with Crippen molar-refractivity contribution >= 4 is 16.6 Å². The number of benzene rings is 2. The number of hydrogen-bond acceptors (Lipinski definition) is 3. The highest BCUT2D eigenvalue weighted by Gasteiger charge is 2.35. The van der Waals surface area contributed by atoms with Crippen molar-refractivity contribution in [1.29, 1.82) is 0 Å². The van der Waals surface area contributed by atoms with E-state index in [1.165, 1.54) is 5.56 Å². The van der Waals surface area contributed by atoms with Crippen LogP contribution in [0.15, 0.2) is 48.5 Å². The van der Waals surface area contributed by atoms with Gasteiger partial charge in [0.25, 0.3) is 0 Å². The smallest absolute Gasteiger partial charge is 0.165 e. The number of likely N-dealkylation sites (tertiary alicyclic amines) is 1. The maximum absolute atomic E-state index is 15.0. The van der Waals surface area contributed by atoms with Crippen molar-refractivity contribution in [1.82, 2.24) is 9.21 Å². The molecule has 2 aromatic carbocycles. The molecular weight excluding hydrogens is 447 g/mol. The van der Waals surface area contributed by atoms with Crippen LogP contribution in [0.25, 0.3) is 5.57 Å². The van der Waals surface area contributed by atoms with E-state index in [0.717, 1.165) is 75.0 Å². The van der Waals surface area contributed by atoms with Crippen molar-refractivity contribution in [3.63, 3.8) is 0 Å². The molecule has 1 fully saturated rings. The van der Waals surface area contributed by atoms with Crippen molar-refractivity contribution in [2.75, 3.05) is 31.9 Å². The van der Waals surface area contributed by atoms with E-state index in [9.17, 15) is 4.21 Å². The predicted molar refractivity (Wildman–Crippen MR) is 136 cm³/mol. The number of hydrogen-bond donors (Lipinski definition) is 0. The molecule has 34 heavy (non-hydrogen) atoms. The third-order valence-corrected chi connectivity index (χ3v) is 9.09. The molecule has 2 unspecified atom stereocenters. The Hall–Kier alpha value is -2.02. The summed E-state index contributed by atoms with van der Waals surface area (Å²) in [7, 11) is -0.913. The lowest BCUT2D eigenvalue weighted by Crippen LogP contribution is -2.38. The monoisotopic (exact) mass is 482 g/mol. The van der Waals surface area contributed by atoms with Crippen LogP contribution in [0.5, 0.6) is 5.75 Å². The Morgan fingerprint density at radius 2 is 1.91 bits per heavy atom. The Balaban J connectivity index is 1.19. The van der Waals surface area contributed by atoms with Gasteiger partial charge in [0, 0.05) is 37.4 Å². The van der Waals surface area contributed by atoms with Gasteiger partial charge in [-0.15, -0.1) is 0 Å². The second kappa shape index (κ2) is 10.7. The van der Waals surface area contributed by atoms with E-state index in [0.29, 0.717) is 24.0 Å². The molecule has 5 rings (SSSR count). The highest BCUT2D eigenvalue weighted by atomic mass is 32.2. The van der Waals surface area contributed by atoms with E-state index in [-0.39, 0.29) is 11.9 Å². The average molecular weight is 483 g/mol. The third kappa shape index (κ3) is 5.29. The summed E-state index contributed by atoms with van der Waals surface area (Å²) < 4.78 is 35.5. The largest absolute Gasteiger partial charge is 0.486 e. The maximum Gasteiger partial charge on any atom is 0.165 e. The molecule has 0 aromatic heterocycles. The van der Waals surface area contributed by atoms with Gasteiger partial charge in [0.15, 0.2) is 11.6 Å². The Morgan fingerprint density at radius 1 is 1.12 bits per heavy atom. The van der Waals surface area contributed by atoms with Crippen LogP contribution in [0.4, 0.5) is 4.39 Å². The first-order valence-electron chi connectivity index (χ1n) is 12.7. The van der Waals surface area contributed by atoms with Gasteiger partial charge in [0.2, 0.25) is 0 Å². The van der Waals surface area contributed by atoms with Gasteiger partial charge in [-0.2, -0.15) is 0 Å². The first-order valence-corrected chi connectivity index (χ1v) is 14.0.